The molecule has 1 aliphatic carbocycles. The third-order valence-electron chi connectivity index (χ3n) is 3.21. The van der Waals surface area contributed by atoms with Gasteiger partial charge < -0.3 is 0 Å². The fourth-order valence-corrected chi connectivity index (χ4v) is 3.40. The second-order valence-electron chi connectivity index (χ2n) is 4.75. The van der Waals surface area contributed by atoms with Crippen molar-refractivity contribution in [3.05, 3.63) is 29.3 Å². The molecule has 1 aromatic carbocycles. The third-order valence-corrected chi connectivity index (χ3v) is 4.89. The molecule has 0 aromatic heterocycles. The Morgan fingerprint density at radius 1 is 1.33 bits per heavy atom. The predicted molar refractivity (Wildman–Crippen MR) is 73.6 cm³/mol. The van der Waals surface area contributed by atoms with E-state index in [1.165, 1.54) is 11.1 Å². The van der Waals surface area contributed by atoms with Gasteiger partial charge in [-0.2, -0.15) is 0 Å². The number of fused-ring (bicyclic) bond motifs is 1. The highest BCUT2D eigenvalue weighted by atomic mass is 35.5. The summed E-state index contributed by atoms with van der Waals surface area (Å²) in [6.07, 6.45) is 3.80. The van der Waals surface area contributed by atoms with E-state index in [-0.39, 0.29) is 5.38 Å². The number of rotatable bonds is 5. The second kappa shape index (κ2) is 5.59. The molecule has 100 valence electrons. The molecule has 1 atom stereocenters. The lowest BCUT2D eigenvalue weighted by molar-refractivity contribution is 0.578. The summed E-state index contributed by atoms with van der Waals surface area (Å²) in [5.41, 5.74) is 2.45. The summed E-state index contributed by atoms with van der Waals surface area (Å²) < 4.78 is 26.7. The number of benzene rings is 1. The minimum atomic E-state index is -3.39. The van der Waals surface area contributed by atoms with Crippen LogP contribution in [0.5, 0.6) is 0 Å². The summed E-state index contributed by atoms with van der Waals surface area (Å²) in [5.74, 6) is 0. The molecule has 5 heteroatoms. The summed E-state index contributed by atoms with van der Waals surface area (Å²) in [6, 6.07) is 5.42. The molecule has 18 heavy (non-hydrogen) atoms. The van der Waals surface area contributed by atoms with Crippen molar-refractivity contribution in [2.45, 2.75) is 42.9 Å². The Morgan fingerprint density at radius 2 is 2.06 bits per heavy atom. The zero-order valence-electron chi connectivity index (χ0n) is 10.4. The van der Waals surface area contributed by atoms with Gasteiger partial charge in [-0.25, -0.2) is 13.1 Å². The average molecular weight is 288 g/mol. The van der Waals surface area contributed by atoms with Crippen LogP contribution in [0.1, 0.15) is 30.9 Å². The SMILES string of the molecule is CC(Cl)CCNS(=O)(=O)c1ccc2c(c1)CCC2. The van der Waals surface area contributed by atoms with Crippen LogP contribution in [0.4, 0.5) is 0 Å². The van der Waals surface area contributed by atoms with Crippen LogP contribution in [0.3, 0.4) is 0 Å². The van der Waals surface area contributed by atoms with Crippen molar-refractivity contribution in [3.8, 4) is 0 Å². The van der Waals surface area contributed by atoms with Gasteiger partial charge in [-0.05, 0) is 55.9 Å². The first-order chi connectivity index (χ1) is 8.49. The molecule has 0 amide bonds. The standard InChI is InChI=1S/C13H18ClNO2S/c1-10(14)7-8-15-18(16,17)13-6-5-11-3-2-4-12(11)9-13/h5-6,9-10,15H,2-4,7-8H2,1H3. The summed E-state index contributed by atoms with van der Waals surface area (Å²) in [7, 11) is -3.39. The highest BCUT2D eigenvalue weighted by Crippen LogP contribution is 2.24. The van der Waals surface area contributed by atoms with Crippen molar-refractivity contribution in [1.82, 2.24) is 4.72 Å². The van der Waals surface area contributed by atoms with Gasteiger partial charge in [-0.1, -0.05) is 6.07 Å². The van der Waals surface area contributed by atoms with Gasteiger partial charge in [0.15, 0.2) is 0 Å². The van der Waals surface area contributed by atoms with E-state index in [1.54, 1.807) is 12.1 Å². The molecule has 0 aliphatic heterocycles. The van der Waals surface area contributed by atoms with Crippen molar-refractivity contribution in [2.24, 2.45) is 0 Å². The molecule has 1 N–H and O–H groups in total. The minimum Gasteiger partial charge on any atom is -0.211 e. The Labute approximate surface area is 114 Å². The van der Waals surface area contributed by atoms with Gasteiger partial charge in [0, 0.05) is 11.9 Å². The Hall–Kier alpha value is -0.580. The predicted octanol–water partition coefficient (Wildman–Crippen LogP) is 2.47. The summed E-state index contributed by atoms with van der Waals surface area (Å²) in [4.78, 5) is 0.366. The van der Waals surface area contributed by atoms with Crippen LogP contribution in [0.15, 0.2) is 23.1 Å². The lowest BCUT2D eigenvalue weighted by atomic mass is 10.1. The highest BCUT2D eigenvalue weighted by Gasteiger charge is 2.18. The monoisotopic (exact) mass is 287 g/mol. The zero-order chi connectivity index (χ0) is 13.2. The van der Waals surface area contributed by atoms with Crippen LogP contribution in [0.25, 0.3) is 0 Å². The molecule has 1 aliphatic rings. The Kier molecular flexibility index (Phi) is 4.30. The minimum absolute atomic E-state index is 0.0206. The zero-order valence-corrected chi connectivity index (χ0v) is 12.0. The van der Waals surface area contributed by atoms with Crippen LogP contribution in [0, 0.1) is 0 Å². The van der Waals surface area contributed by atoms with Crippen molar-refractivity contribution >= 4 is 21.6 Å². The van der Waals surface area contributed by atoms with E-state index >= 15 is 0 Å². The average Bonchev–Trinajstić information content (AvgIpc) is 2.74. The topological polar surface area (TPSA) is 46.2 Å². The molecular formula is C13H18ClNO2S. The molecule has 3 nitrogen and oxygen atoms in total. The molecule has 1 aromatic rings. The van der Waals surface area contributed by atoms with Gasteiger partial charge >= 0.3 is 0 Å². The molecule has 0 saturated carbocycles. The molecule has 0 spiro atoms. The smallest absolute Gasteiger partial charge is 0.211 e. The van der Waals surface area contributed by atoms with Gasteiger partial charge in [0.1, 0.15) is 0 Å². The van der Waals surface area contributed by atoms with Crippen molar-refractivity contribution in [3.63, 3.8) is 0 Å². The van der Waals surface area contributed by atoms with E-state index in [0.29, 0.717) is 17.9 Å². The van der Waals surface area contributed by atoms with Gasteiger partial charge in [0.2, 0.25) is 10.0 Å². The quantitative estimate of drug-likeness (QED) is 0.846. The largest absolute Gasteiger partial charge is 0.240 e. The van der Waals surface area contributed by atoms with E-state index in [0.717, 1.165) is 19.3 Å². The number of halogens is 1. The van der Waals surface area contributed by atoms with Gasteiger partial charge in [-0.15, -0.1) is 11.6 Å². The second-order valence-corrected chi connectivity index (χ2v) is 7.26. The van der Waals surface area contributed by atoms with Crippen molar-refractivity contribution < 1.29 is 8.42 Å². The van der Waals surface area contributed by atoms with E-state index < -0.39 is 10.0 Å². The number of sulfonamides is 1. The van der Waals surface area contributed by atoms with E-state index in [9.17, 15) is 8.42 Å². The van der Waals surface area contributed by atoms with Crippen molar-refractivity contribution in [1.29, 1.82) is 0 Å². The molecule has 0 bridgehead atoms. The Balaban J connectivity index is 2.10. The number of aryl methyl sites for hydroxylation is 2. The number of hydrogen-bond donors (Lipinski definition) is 1. The first-order valence-corrected chi connectivity index (χ1v) is 8.16. The molecule has 1 unspecified atom stereocenters. The third kappa shape index (κ3) is 3.25. The maximum Gasteiger partial charge on any atom is 0.240 e. The van der Waals surface area contributed by atoms with Crippen LogP contribution in [-0.4, -0.2) is 20.3 Å². The van der Waals surface area contributed by atoms with Crippen molar-refractivity contribution in [2.75, 3.05) is 6.54 Å². The molecule has 0 fully saturated rings. The normalized spacial score (nSPS) is 16.6. The molecular weight excluding hydrogens is 270 g/mol. The lowest BCUT2D eigenvalue weighted by Gasteiger charge is -2.09. The number of alkyl halides is 1. The van der Waals surface area contributed by atoms with Gasteiger partial charge in [0.05, 0.1) is 4.90 Å². The molecule has 0 heterocycles. The summed E-state index contributed by atoms with van der Waals surface area (Å²) >= 11 is 5.79. The summed E-state index contributed by atoms with van der Waals surface area (Å²) in [5, 5.41) is -0.0206. The van der Waals surface area contributed by atoms with Crippen LogP contribution < -0.4 is 4.72 Å². The van der Waals surface area contributed by atoms with Crippen LogP contribution in [-0.2, 0) is 22.9 Å². The summed E-state index contributed by atoms with van der Waals surface area (Å²) in [6.45, 7) is 2.23. The first kappa shape index (κ1) is 13.8. The number of nitrogens with one attached hydrogen (secondary N) is 1. The van der Waals surface area contributed by atoms with E-state index in [1.807, 2.05) is 13.0 Å². The van der Waals surface area contributed by atoms with E-state index in [4.69, 9.17) is 11.6 Å². The maximum absolute atomic E-state index is 12.1. The van der Waals surface area contributed by atoms with E-state index in [2.05, 4.69) is 4.72 Å². The maximum atomic E-state index is 12.1. The highest BCUT2D eigenvalue weighted by molar-refractivity contribution is 7.89. The van der Waals surface area contributed by atoms with Gasteiger partial charge in [-0.3, -0.25) is 0 Å². The van der Waals surface area contributed by atoms with Crippen LogP contribution in [0.2, 0.25) is 0 Å². The Bertz CT molecular complexity index is 526. The van der Waals surface area contributed by atoms with Crippen LogP contribution >= 0.6 is 11.6 Å². The molecule has 0 saturated heterocycles. The first-order valence-electron chi connectivity index (χ1n) is 6.24. The fourth-order valence-electron chi connectivity index (χ4n) is 2.19. The lowest BCUT2D eigenvalue weighted by Crippen LogP contribution is -2.26. The fraction of sp³-hybridized carbons (Fsp3) is 0.538. The number of hydrogen-bond acceptors (Lipinski definition) is 2. The van der Waals surface area contributed by atoms with Gasteiger partial charge in [0.25, 0.3) is 0 Å². The molecule has 2 rings (SSSR count). The Morgan fingerprint density at radius 3 is 2.78 bits per heavy atom. The molecule has 0 radical (unpaired) electrons.